The standard InChI is InChI=1S/C56H38N2S.C50H34N2S/c1-4-13-39(14-5-1)41-23-25-42(26-24-41)44-29-35-48(36-30-44)57(47-33-27-43(28-34-47)40-15-6-2-7-16-40)49-37-31-45(32-38-49)50-20-12-21-52-54-56(59-55(50)52)51-19-10-11-22-53(51)58(54)46-17-8-3-9-18-46;1-4-13-35(14-5-1)37-23-29-41(30-24-37)51(42-31-25-38(26-32-42)36-15-6-2-7-16-36)43-33-27-39(28-34-43)44-20-12-21-46-48-50(53-49(44)46)45-19-10-11-22-47(45)52(48)40-17-8-3-9-18-40/h1-38H;1-34H. The number of hydrogen-bond donors (Lipinski definition) is 0. The SMILES string of the molecule is c1ccc(-c2ccc(-c3ccc(N(c4ccc(-c5ccccc5)cc4)c4ccc(-c5cccc6c5sc5c7ccccc7n(-c7ccccc7)c65)cc4)cc3)cc2)cc1.c1ccc(-c2ccc(N(c3ccc(-c4ccccc4)cc3)c3ccc(-c4cccc5c4sc4c6ccccc6n(-c6ccccc6)c54)cc3)cc2)cc1. The zero-order valence-corrected chi connectivity index (χ0v) is 62.8. The number of fused-ring (bicyclic) bond motifs is 10. The lowest BCUT2D eigenvalue weighted by atomic mass is 10.00. The van der Waals surface area contributed by atoms with Gasteiger partial charge in [0.2, 0.25) is 0 Å². The van der Waals surface area contributed by atoms with Gasteiger partial charge in [0.1, 0.15) is 0 Å². The van der Waals surface area contributed by atoms with Gasteiger partial charge < -0.3 is 18.9 Å². The molecule has 0 unspecified atom stereocenters. The molecular weight excluding hydrogens is 1390 g/mol. The van der Waals surface area contributed by atoms with Crippen LogP contribution in [0.5, 0.6) is 0 Å². The van der Waals surface area contributed by atoms with Gasteiger partial charge in [-0.3, -0.25) is 0 Å². The molecule has 0 radical (unpaired) electrons. The summed E-state index contributed by atoms with van der Waals surface area (Å²) in [7, 11) is 0. The molecule has 4 nitrogen and oxygen atoms in total. The molecule has 6 heteroatoms. The van der Waals surface area contributed by atoms with E-state index in [0.29, 0.717) is 0 Å². The summed E-state index contributed by atoms with van der Waals surface area (Å²) in [6.45, 7) is 0. The predicted octanol–water partition coefficient (Wildman–Crippen LogP) is 30.6. The topological polar surface area (TPSA) is 16.3 Å². The van der Waals surface area contributed by atoms with E-state index in [2.05, 4.69) is 456 Å². The second-order valence-corrected chi connectivity index (χ2v) is 30.3. The van der Waals surface area contributed by atoms with Crippen LogP contribution in [-0.4, -0.2) is 9.13 Å². The highest BCUT2D eigenvalue weighted by atomic mass is 32.1. The Balaban J connectivity index is 0.000000147. The highest BCUT2D eigenvalue weighted by Crippen LogP contribution is 2.49. The van der Waals surface area contributed by atoms with Gasteiger partial charge in [-0.05, 0) is 187 Å². The molecule has 0 aliphatic heterocycles. The van der Waals surface area contributed by atoms with Crippen molar-refractivity contribution in [2.45, 2.75) is 0 Å². The van der Waals surface area contributed by atoms with Crippen molar-refractivity contribution in [2.24, 2.45) is 0 Å². The van der Waals surface area contributed by atoms with Crippen LogP contribution in [0.2, 0.25) is 0 Å². The first-order chi connectivity index (χ1) is 55.6. The summed E-state index contributed by atoms with van der Waals surface area (Å²) in [4.78, 5) is 4.71. The molecule has 0 amide bonds. The van der Waals surface area contributed by atoms with Crippen LogP contribution in [0.3, 0.4) is 0 Å². The molecule has 0 spiro atoms. The van der Waals surface area contributed by atoms with E-state index in [1.54, 1.807) is 0 Å². The quantitative estimate of drug-likeness (QED) is 0.102. The van der Waals surface area contributed by atoms with Crippen molar-refractivity contribution < 1.29 is 0 Å². The van der Waals surface area contributed by atoms with Crippen molar-refractivity contribution in [2.75, 3.05) is 9.80 Å². The average Bonchev–Trinajstić information content (AvgIpc) is 1.56. The Morgan fingerprint density at radius 3 is 0.652 bits per heavy atom. The van der Waals surface area contributed by atoms with E-state index in [0.717, 1.165) is 34.1 Å². The summed E-state index contributed by atoms with van der Waals surface area (Å²) >= 11 is 3.80. The fourth-order valence-corrected chi connectivity index (χ4v) is 18.9. The summed E-state index contributed by atoms with van der Waals surface area (Å²) in [6.07, 6.45) is 0. The van der Waals surface area contributed by atoms with Crippen molar-refractivity contribution in [3.63, 3.8) is 0 Å². The van der Waals surface area contributed by atoms with Crippen LogP contribution in [0, 0.1) is 0 Å². The van der Waals surface area contributed by atoms with E-state index in [-0.39, 0.29) is 0 Å². The second-order valence-electron chi connectivity index (χ2n) is 28.3. The monoisotopic (exact) mass is 1460 g/mol. The first-order valence-electron chi connectivity index (χ1n) is 38.1. The Morgan fingerprint density at radius 1 is 0.161 bits per heavy atom. The van der Waals surface area contributed by atoms with Gasteiger partial charge >= 0.3 is 0 Å². The Morgan fingerprint density at radius 2 is 0.375 bits per heavy atom. The van der Waals surface area contributed by atoms with Crippen molar-refractivity contribution in [1.29, 1.82) is 0 Å². The van der Waals surface area contributed by atoms with Gasteiger partial charge in [0.05, 0.1) is 31.5 Å². The Kier molecular flexibility index (Phi) is 17.7. The molecule has 21 rings (SSSR count). The molecule has 4 heterocycles. The third-order valence-corrected chi connectivity index (χ3v) is 24.2. The van der Waals surface area contributed by atoms with E-state index < -0.39 is 0 Å². The van der Waals surface area contributed by atoms with E-state index in [4.69, 9.17) is 0 Å². The molecule has 4 aromatic heterocycles. The largest absolute Gasteiger partial charge is 0.311 e. The Hall–Kier alpha value is -14.1. The third-order valence-electron chi connectivity index (χ3n) is 21.7. The number of aromatic nitrogens is 2. The smallest absolute Gasteiger partial charge is 0.0727 e. The highest BCUT2D eigenvalue weighted by molar-refractivity contribution is 7.27. The second kappa shape index (κ2) is 29.4. The summed E-state index contributed by atoms with van der Waals surface area (Å²) in [5.74, 6) is 0. The molecule has 0 atom stereocenters. The van der Waals surface area contributed by atoms with Gasteiger partial charge in [0.15, 0.2) is 0 Å². The van der Waals surface area contributed by atoms with Crippen molar-refractivity contribution >= 4 is 119 Å². The minimum Gasteiger partial charge on any atom is -0.311 e. The summed E-state index contributed by atoms with van der Waals surface area (Å²) in [5.41, 5.74) is 31.0. The van der Waals surface area contributed by atoms with Gasteiger partial charge in [-0.15, -0.1) is 22.7 Å². The third kappa shape index (κ3) is 12.6. The number of nitrogens with zero attached hydrogens (tertiary/aromatic N) is 4. The lowest BCUT2D eigenvalue weighted by molar-refractivity contribution is 1.19. The first kappa shape index (κ1) is 67.2. The number of hydrogen-bond acceptors (Lipinski definition) is 4. The van der Waals surface area contributed by atoms with Crippen molar-refractivity contribution in [3.05, 3.63) is 437 Å². The Bertz CT molecular complexity index is 6800. The molecule has 528 valence electrons. The van der Waals surface area contributed by atoms with E-state index in [1.807, 2.05) is 22.7 Å². The fourth-order valence-electron chi connectivity index (χ4n) is 16.2. The number of anilines is 6. The van der Waals surface area contributed by atoms with Gasteiger partial charge in [0, 0.05) is 76.4 Å². The maximum absolute atomic E-state index is 2.43. The van der Waals surface area contributed by atoms with Crippen LogP contribution in [0.15, 0.2) is 437 Å². The van der Waals surface area contributed by atoms with E-state index in [9.17, 15) is 0 Å². The average molecular weight is 1470 g/mol. The number of thiophene rings is 2. The van der Waals surface area contributed by atoms with Crippen LogP contribution < -0.4 is 9.80 Å². The lowest BCUT2D eigenvalue weighted by Gasteiger charge is -2.26. The normalized spacial score (nSPS) is 11.4. The van der Waals surface area contributed by atoms with Gasteiger partial charge in [0.25, 0.3) is 0 Å². The van der Waals surface area contributed by atoms with Crippen molar-refractivity contribution in [3.8, 4) is 89.3 Å². The maximum Gasteiger partial charge on any atom is 0.0727 e. The zero-order chi connectivity index (χ0) is 74.3. The minimum absolute atomic E-state index is 1.10. The van der Waals surface area contributed by atoms with Crippen LogP contribution in [0.1, 0.15) is 0 Å². The van der Waals surface area contributed by atoms with Crippen LogP contribution >= 0.6 is 22.7 Å². The molecule has 0 saturated heterocycles. The van der Waals surface area contributed by atoms with Crippen molar-refractivity contribution in [1.82, 2.24) is 9.13 Å². The van der Waals surface area contributed by atoms with Gasteiger partial charge in [-0.25, -0.2) is 0 Å². The van der Waals surface area contributed by atoms with E-state index >= 15 is 0 Å². The Labute approximate surface area is 659 Å². The van der Waals surface area contributed by atoms with Gasteiger partial charge in [-0.2, -0.15) is 0 Å². The molecule has 0 N–H and O–H groups in total. The first-order valence-corrected chi connectivity index (χ1v) is 39.7. The summed E-state index contributed by atoms with van der Waals surface area (Å²) in [6, 6.07) is 158. The van der Waals surface area contributed by atoms with Crippen LogP contribution in [-0.2, 0) is 0 Å². The molecule has 0 saturated carbocycles. The molecule has 0 aliphatic carbocycles. The van der Waals surface area contributed by atoms with Gasteiger partial charge in [-0.1, -0.05) is 328 Å². The van der Waals surface area contributed by atoms with Crippen LogP contribution in [0.4, 0.5) is 34.1 Å². The number of rotatable bonds is 15. The molecular formula is C106H72N4S2. The number of para-hydroxylation sites is 4. The highest BCUT2D eigenvalue weighted by Gasteiger charge is 2.24. The minimum atomic E-state index is 1.10. The molecule has 112 heavy (non-hydrogen) atoms. The molecule has 17 aromatic carbocycles. The molecule has 0 bridgehead atoms. The summed E-state index contributed by atoms with van der Waals surface area (Å²) < 4.78 is 10.1. The van der Waals surface area contributed by atoms with Crippen LogP contribution in [0.25, 0.3) is 152 Å². The summed E-state index contributed by atoms with van der Waals surface area (Å²) in [5, 5.41) is 5.14. The zero-order valence-electron chi connectivity index (χ0n) is 61.2. The molecule has 0 aliphatic rings. The predicted molar refractivity (Wildman–Crippen MR) is 480 cm³/mol. The molecule has 0 fully saturated rings. The fraction of sp³-hybridized carbons (Fsp3) is 0. The number of benzene rings is 17. The maximum atomic E-state index is 2.43. The lowest BCUT2D eigenvalue weighted by Crippen LogP contribution is -2.09. The molecule has 21 aromatic rings. The van der Waals surface area contributed by atoms with E-state index in [1.165, 1.54) is 152 Å².